The van der Waals surface area contributed by atoms with Gasteiger partial charge in [-0.15, -0.1) is 0 Å². The number of benzene rings is 2. The van der Waals surface area contributed by atoms with Crippen LogP contribution in [0.1, 0.15) is 25.3 Å². The molecule has 1 aliphatic rings. The van der Waals surface area contributed by atoms with E-state index >= 15 is 0 Å². The zero-order valence-electron chi connectivity index (χ0n) is 18.6. The van der Waals surface area contributed by atoms with Crippen LogP contribution in [0, 0.1) is 5.92 Å². The fraction of sp³-hybridized carbons (Fsp3) is 0.435. The molecule has 0 unspecified atom stereocenters. The highest BCUT2D eigenvalue weighted by Crippen LogP contribution is 2.26. The minimum absolute atomic E-state index is 0.0846. The van der Waals surface area contributed by atoms with Crippen LogP contribution in [-0.4, -0.2) is 51.5 Å². The van der Waals surface area contributed by atoms with E-state index in [-0.39, 0.29) is 23.6 Å². The minimum Gasteiger partial charge on any atom is -0.497 e. The first-order chi connectivity index (χ1) is 15.7. The molecule has 180 valence electrons. The Balaban J connectivity index is 1.45. The summed E-state index contributed by atoms with van der Waals surface area (Å²) >= 11 is 12.0. The van der Waals surface area contributed by atoms with Crippen molar-refractivity contribution in [3.05, 3.63) is 58.1 Å². The number of piperidine rings is 1. The van der Waals surface area contributed by atoms with Gasteiger partial charge in [-0.2, -0.15) is 0 Å². The molecule has 1 atom stereocenters. The van der Waals surface area contributed by atoms with E-state index in [9.17, 15) is 13.2 Å². The topological polar surface area (TPSA) is 84.9 Å². The molecule has 1 amide bonds. The van der Waals surface area contributed by atoms with Gasteiger partial charge in [0.2, 0.25) is 15.9 Å². The van der Waals surface area contributed by atoms with E-state index in [1.807, 2.05) is 6.92 Å². The van der Waals surface area contributed by atoms with Crippen molar-refractivity contribution in [1.29, 1.82) is 0 Å². The van der Waals surface area contributed by atoms with Gasteiger partial charge in [-0.1, -0.05) is 29.3 Å². The van der Waals surface area contributed by atoms with E-state index < -0.39 is 10.0 Å². The third-order valence-corrected chi connectivity index (χ3v) is 7.93. The number of hydrogen-bond acceptors (Lipinski definition) is 5. The van der Waals surface area contributed by atoms with Crippen molar-refractivity contribution in [2.45, 2.75) is 31.6 Å². The first-order valence-electron chi connectivity index (χ1n) is 10.7. The van der Waals surface area contributed by atoms with Crippen LogP contribution >= 0.6 is 23.2 Å². The Hall–Kier alpha value is -2.00. The Labute approximate surface area is 205 Å². The van der Waals surface area contributed by atoms with Gasteiger partial charge >= 0.3 is 0 Å². The molecule has 10 heteroatoms. The fourth-order valence-corrected chi connectivity index (χ4v) is 5.77. The Kier molecular flexibility index (Phi) is 8.87. The van der Waals surface area contributed by atoms with Crippen LogP contribution in [0.3, 0.4) is 0 Å². The third kappa shape index (κ3) is 7.24. The summed E-state index contributed by atoms with van der Waals surface area (Å²) in [6, 6.07) is 11.8. The van der Waals surface area contributed by atoms with Crippen molar-refractivity contribution in [2.75, 3.05) is 26.8 Å². The second-order valence-corrected chi connectivity index (χ2v) is 10.9. The van der Waals surface area contributed by atoms with Crippen LogP contribution in [0.15, 0.2) is 42.5 Å². The molecule has 7 nitrogen and oxygen atoms in total. The molecular formula is C23H28Cl2N2O5S. The summed E-state index contributed by atoms with van der Waals surface area (Å²) in [5.41, 5.74) is 0.506. The van der Waals surface area contributed by atoms with Crippen LogP contribution in [0.5, 0.6) is 11.5 Å². The zero-order valence-corrected chi connectivity index (χ0v) is 20.9. The van der Waals surface area contributed by atoms with Crippen molar-refractivity contribution in [3.8, 4) is 11.5 Å². The molecule has 1 saturated heterocycles. The first-order valence-corrected chi connectivity index (χ1v) is 13.0. The van der Waals surface area contributed by atoms with Gasteiger partial charge in [-0.25, -0.2) is 12.7 Å². The Morgan fingerprint density at radius 3 is 2.36 bits per heavy atom. The van der Waals surface area contributed by atoms with Gasteiger partial charge in [0.05, 0.1) is 18.9 Å². The molecule has 0 saturated carbocycles. The lowest BCUT2D eigenvalue weighted by Crippen LogP contribution is -2.46. The van der Waals surface area contributed by atoms with Crippen molar-refractivity contribution in [3.63, 3.8) is 0 Å². The van der Waals surface area contributed by atoms with Gasteiger partial charge in [0.25, 0.3) is 0 Å². The predicted octanol–water partition coefficient (Wildman–Crippen LogP) is 4.13. The van der Waals surface area contributed by atoms with E-state index in [1.165, 1.54) is 10.4 Å². The molecule has 0 bridgehead atoms. The third-order valence-electron chi connectivity index (χ3n) is 5.52. The van der Waals surface area contributed by atoms with Crippen LogP contribution in [0.25, 0.3) is 0 Å². The summed E-state index contributed by atoms with van der Waals surface area (Å²) in [7, 11) is -1.94. The quantitative estimate of drug-likeness (QED) is 0.543. The lowest BCUT2D eigenvalue weighted by molar-refractivity contribution is -0.126. The standard InChI is InChI=1S/C23H28Cl2N2O5S/c1-16(14-32-21-7-5-20(31-2)6-8-21)26-23(28)17-9-11-27(12-10-17)33(29,30)15-18-3-4-19(24)13-22(18)25/h3-8,13,16-17H,9-12,14-15H2,1-2H3,(H,26,28)/t16-/m1/s1. The van der Waals surface area contributed by atoms with Crippen molar-refractivity contribution < 1.29 is 22.7 Å². The van der Waals surface area contributed by atoms with Crippen LogP contribution in [-0.2, 0) is 20.6 Å². The molecule has 1 heterocycles. The van der Waals surface area contributed by atoms with Gasteiger partial charge in [0.15, 0.2) is 0 Å². The number of ether oxygens (including phenoxy) is 2. The maximum Gasteiger partial charge on any atom is 0.223 e. The summed E-state index contributed by atoms with van der Waals surface area (Å²) in [5, 5.41) is 3.74. The average Bonchev–Trinajstić information content (AvgIpc) is 2.80. The molecule has 3 rings (SSSR count). The van der Waals surface area contributed by atoms with E-state index in [0.717, 1.165) is 5.75 Å². The van der Waals surface area contributed by atoms with Crippen LogP contribution in [0.2, 0.25) is 10.0 Å². The number of amides is 1. The maximum absolute atomic E-state index is 12.8. The van der Waals surface area contributed by atoms with Gasteiger partial charge in [0.1, 0.15) is 18.1 Å². The van der Waals surface area contributed by atoms with Crippen LogP contribution in [0.4, 0.5) is 0 Å². The summed E-state index contributed by atoms with van der Waals surface area (Å²) in [4.78, 5) is 12.6. The van der Waals surface area contributed by atoms with Crippen molar-refractivity contribution in [1.82, 2.24) is 9.62 Å². The van der Waals surface area contributed by atoms with E-state index in [0.29, 0.717) is 53.9 Å². The highest BCUT2D eigenvalue weighted by atomic mass is 35.5. The van der Waals surface area contributed by atoms with E-state index in [2.05, 4.69) is 5.32 Å². The maximum atomic E-state index is 12.8. The number of carbonyl (C=O) groups is 1. The summed E-state index contributed by atoms with van der Waals surface area (Å²) < 4.78 is 37.9. The molecule has 1 fully saturated rings. The largest absolute Gasteiger partial charge is 0.497 e. The summed E-state index contributed by atoms with van der Waals surface area (Å²) in [6.07, 6.45) is 0.928. The Bertz CT molecular complexity index is 1060. The number of nitrogens with zero attached hydrogens (tertiary/aromatic N) is 1. The molecule has 2 aromatic carbocycles. The molecule has 0 aliphatic carbocycles. The average molecular weight is 515 g/mol. The number of methoxy groups -OCH3 is 1. The lowest BCUT2D eigenvalue weighted by Gasteiger charge is -2.31. The smallest absolute Gasteiger partial charge is 0.223 e. The molecule has 0 radical (unpaired) electrons. The number of hydrogen-bond donors (Lipinski definition) is 1. The van der Waals surface area contributed by atoms with Gasteiger partial charge in [-0.05, 0) is 61.7 Å². The Morgan fingerprint density at radius 1 is 1.12 bits per heavy atom. The molecule has 1 N–H and O–H groups in total. The lowest BCUT2D eigenvalue weighted by atomic mass is 9.97. The Morgan fingerprint density at radius 2 is 1.76 bits per heavy atom. The molecule has 33 heavy (non-hydrogen) atoms. The number of nitrogens with one attached hydrogen (secondary N) is 1. The van der Waals surface area contributed by atoms with Crippen LogP contribution < -0.4 is 14.8 Å². The fourth-order valence-electron chi connectivity index (χ4n) is 3.62. The molecular weight excluding hydrogens is 487 g/mol. The molecule has 1 aliphatic heterocycles. The second-order valence-electron chi connectivity index (χ2n) is 8.06. The number of rotatable bonds is 9. The van der Waals surface area contributed by atoms with E-state index in [4.69, 9.17) is 32.7 Å². The molecule has 2 aromatic rings. The molecule has 0 aromatic heterocycles. The zero-order chi connectivity index (χ0) is 24.0. The monoisotopic (exact) mass is 514 g/mol. The van der Waals surface area contributed by atoms with Gasteiger partial charge < -0.3 is 14.8 Å². The second kappa shape index (κ2) is 11.4. The highest BCUT2D eigenvalue weighted by Gasteiger charge is 2.32. The SMILES string of the molecule is COc1ccc(OC[C@@H](C)NC(=O)C2CCN(S(=O)(=O)Cc3ccc(Cl)cc3Cl)CC2)cc1. The number of carbonyl (C=O) groups excluding carboxylic acids is 1. The number of halogens is 2. The normalized spacial score (nSPS) is 16.2. The van der Waals surface area contributed by atoms with Gasteiger partial charge in [0, 0.05) is 29.1 Å². The predicted molar refractivity (Wildman–Crippen MR) is 129 cm³/mol. The highest BCUT2D eigenvalue weighted by molar-refractivity contribution is 7.88. The minimum atomic E-state index is -3.54. The van der Waals surface area contributed by atoms with Crippen molar-refractivity contribution in [2.24, 2.45) is 5.92 Å². The van der Waals surface area contributed by atoms with Crippen molar-refractivity contribution >= 4 is 39.1 Å². The summed E-state index contributed by atoms with van der Waals surface area (Å²) in [6.45, 7) is 2.79. The van der Waals surface area contributed by atoms with E-state index in [1.54, 1.807) is 43.5 Å². The van der Waals surface area contributed by atoms with Gasteiger partial charge in [-0.3, -0.25) is 4.79 Å². The first kappa shape index (κ1) is 25.6. The molecule has 0 spiro atoms. The number of sulfonamides is 1. The summed E-state index contributed by atoms with van der Waals surface area (Å²) in [5.74, 6) is 0.918.